The van der Waals surface area contributed by atoms with Crippen LogP contribution in [0.2, 0.25) is 0 Å². The molecule has 0 saturated carbocycles. The number of amides is 1. The second kappa shape index (κ2) is 8.35. The number of fused-ring (bicyclic) bond motifs is 1. The maximum atomic E-state index is 12.8. The summed E-state index contributed by atoms with van der Waals surface area (Å²) in [5.74, 6) is 0.451. The van der Waals surface area contributed by atoms with Gasteiger partial charge in [0, 0.05) is 36.9 Å². The molecule has 0 radical (unpaired) electrons. The van der Waals surface area contributed by atoms with Crippen molar-refractivity contribution in [2.75, 3.05) is 20.3 Å². The average molecular weight is 377 g/mol. The summed E-state index contributed by atoms with van der Waals surface area (Å²) >= 11 is 0. The number of ether oxygens (including phenoxy) is 2. The summed E-state index contributed by atoms with van der Waals surface area (Å²) in [5.41, 5.74) is 3.36. The van der Waals surface area contributed by atoms with Gasteiger partial charge >= 0.3 is 0 Å². The fourth-order valence-electron chi connectivity index (χ4n) is 3.47. The standard InChI is InChI=1S/C22H23N3O3/c1-27-21-7-6-15(14-23-21)12-16-13-20(25-19-5-3-2-4-18(16)19)22(26)24-17-8-10-28-11-9-17/h2-7,13-14,17H,8-12H2,1H3,(H,24,26). The van der Waals surface area contributed by atoms with Crippen LogP contribution in [-0.2, 0) is 11.2 Å². The number of para-hydroxylation sites is 1. The molecule has 1 amide bonds. The van der Waals surface area contributed by atoms with E-state index in [0.717, 1.165) is 34.9 Å². The van der Waals surface area contributed by atoms with Crippen molar-refractivity contribution >= 4 is 16.8 Å². The SMILES string of the molecule is COc1ccc(Cc2cc(C(=O)NC3CCOCC3)nc3ccccc23)cn1. The molecule has 4 rings (SSSR count). The molecule has 28 heavy (non-hydrogen) atoms. The highest BCUT2D eigenvalue weighted by atomic mass is 16.5. The Morgan fingerprint density at radius 1 is 1.21 bits per heavy atom. The Labute approximate surface area is 163 Å². The van der Waals surface area contributed by atoms with E-state index < -0.39 is 0 Å². The minimum Gasteiger partial charge on any atom is -0.481 e. The van der Waals surface area contributed by atoms with Crippen molar-refractivity contribution in [2.24, 2.45) is 0 Å². The van der Waals surface area contributed by atoms with Gasteiger partial charge in [-0.1, -0.05) is 24.3 Å². The quantitative estimate of drug-likeness (QED) is 0.739. The topological polar surface area (TPSA) is 73.3 Å². The molecule has 2 aromatic heterocycles. The largest absolute Gasteiger partial charge is 0.481 e. The molecular weight excluding hydrogens is 354 g/mol. The lowest BCUT2D eigenvalue weighted by atomic mass is 10.0. The average Bonchev–Trinajstić information content (AvgIpc) is 2.75. The maximum absolute atomic E-state index is 12.8. The van der Waals surface area contributed by atoms with Crippen LogP contribution in [0.5, 0.6) is 5.88 Å². The number of carbonyl (C=O) groups excluding carboxylic acids is 1. The Balaban J connectivity index is 1.63. The summed E-state index contributed by atoms with van der Waals surface area (Å²) < 4.78 is 10.5. The van der Waals surface area contributed by atoms with E-state index in [1.54, 1.807) is 13.3 Å². The van der Waals surface area contributed by atoms with Gasteiger partial charge in [0.15, 0.2) is 0 Å². The van der Waals surface area contributed by atoms with E-state index in [2.05, 4.69) is 15.3 Å². The normalized spacial score (nSPS) is 14.8. The molecule has 6 nitrogen and oxygen atoms in total. The highest BCUT2D eigenvalue weighted by Gasteiger charge is 2.19. The maximum Gasteiger partial charge on any atom is 0.270 e. The summed E-state index contributed by atoms with van der Waals surface area (Å²) in [6, 6.07) is 13.8. The van der Waals surface area contributed by atoms with Crippen molar-refractivity contribution in [1.29, 1.82) is 0 Å². The Morgan fingerprint density at radius 2 is 2.04 bits per heavy atom. The van der Waals surface area contributed by atoms with Crippen molar-refractivity contribution in [1.82, 2.24) is 15.3 Å². The van der Waals surface area contributed by atoms with Gasteiger partial charge < -0.3 is 14.8 Å². The van der Waals surface area contributed by atoms with E-state index in [1.165, 1.54) is 0 Å². The van der Waals surface area contributed by atoms with Crippen LogP contribution in [-0.4, -0.2) is 42.2 Å². The zero-order chi connectivity index (χ0) is 19.3. The van der Waals surface area contributed by atoms with Gasteiger partial charge in [0.05, 0.1) is 12.6 Å². The Bertz CT molecular complexity index is 966. The Hall–Kier alpha value is -2.99. The lowest BCUT2D eigenvalue weighted by Gasteiger charge is -2.23. The molecule has 0 bridgehead atoms. The van der Waals surface area contributed by atoms with E-state index in [0.29, 0.717) is 31.2 Å². The van der Waals surface area contributed by atoms with E-state index in [4.69, 9.17) is 9.47 Å². The van der Waals surface area contributed by atoms with Gasteiger partial charge in [-0.05, 0) is 42.5 Å². The van der Waals surface area contributed by atoms with Gasteiger partial charge in [0.25, 0.3) is 5.91 Å². The van der Waals surface area contributed by atoms with Crippen LogP contribution in [0.25, 0.3) is 10.9 Å². The second-order valence-electron chi connectivity index (χ2n) is 6.93. The zero-order valence-corrected chi connectivity index (χ0v) is 15.9. The first-order chi connectivity index (χ1) is 13.7. The fourth-order valence-corrected chi connectivity index (χ4v) is 3.47. The number of aromatic nitrogens is 2. The third kappa shape index (κ3) is 4.12. The number of benzene rings is 1. The van der Waals surface area contributed by atoms with Gasteiger partial charge in [-0.25, -0.2) is 9.97 Å². The molecule has 1 N–H and O–H groups in total. The first kappa shape index (κ1) is 18.4. The lowest BCUT2D eigenvalue weighted by Crippen LogP contribution is -2.39. The molecule has 1 saturated heterocycles. The van der Waals surface area contributed by atoms with Crippen LogP contribution in [0.3, 0.4) is 0 Å². The number of hydrogen-bond donors (Lipinski definition) is 1. The molecular formula is C22H23N3O3. The van der Waals surface area contributed by atoms with Gasteiger partial charge in [-0.15, -0.1) is 0 Å². The minimum absolute atomic E-state index is 0.133. The highest BCUT2D eigenvalue weighted by molar-refractivity contribution is 5.96. The molecule has 1 aromatic carbocycles. The number of nitrogens with zero attached hydrogens (tertiary/aromatic N) is 2. The van der Waals surface area contributed by atoms with E-state index >= 15 is 0 Å². The van der Waals surface area contributed by atoms with Crippen LogP contribution in [0.4, 0.5) is 0 Å². The highest BCUT2D eigenvalue weighted by Crippen LogP contribution is 2.22. The Kier molecular flexibility index (Phi) is 5.48. The molecule has 144 valence electrons. The molecule has 3 aromatic rings. The zero-order valence-electron chi connectivity index (χ0n) is 15.9. The molecule has 0 atom stereocenters. The first-order valence-corrected chi connectivity index (χ1v) is 9.49. The predicted octanol–water partition coefficient (Wildman–Crippen LogP) is 3.14. The van der Waals surface area contributed by atoms with E-state index in [9.17, 15) is 4.79 Å². The summed E-state index contributed by atoms with van der Waals surface area (Å²) in [4.78, 5) is 21.7. The van der Waals surface area contributed by atoms with E-state index in [-0.39, 0.29) is 11.9 Å². The summed E-state index contributed by atoms with van der Waals surface area (Å²) in [6.07, 6.45) is 4.14. The van der Waals surface area contributed by atoms with Gasteiger partial charge in [0.2, 0.25) is 5.88 Å². The summed E-state index contributed by atoms with van der Waals surface area (Å²) in [6.45, 7) is 1.37. The van der Waals surface area contributed by atoms with Crippen molar-refractivity contribution in [3.8, 4) is 5.88 Å². The molecule has 1 aliphatic rings. The van der Waals surface area contributed by atoms with Gasteiger partial charge in [-0.3, -0.25) is 4.79 Å². The summed E-state index contributed by atoms with van der Waals surface area (Å²) in [5, 5.41) is 4.14. The lowest BCUT2D eigenvalue weighted by molar-refractivity contribution is 0.0694. The minimum atomic E-state index is -0.133. The summed E-state index contributed by atoms with van der Waals surface area (Å²) in [7, 11) is 1.60. The number of rotatable bonds is 5. The number of hydrogen-bond acceptors (Lipinski definition) is 5. The Morgan fingerprint density at radius 3 is 2.79 bits per heavy atom. The third-order valence-corrected chi connectivity index (χ3v) is 4.99. The molecule has 6 heteroatoms. The van der Waals surface area contributed by atoms with Gasteiger partial charge in [0.1, 0.15) is 5.69 Å². The van der Waals surface area contributed by atoms with Crippen LogP contribution in [0.15, 0.2) is 48.7 Å². The van der Waals surface area contributed by atoms with Crippen LogP contribution < -0.4 is 10.1 Å². The van der Waals surface area contributed by atoms with Crippen LogP contribution in [0.1, 0.15) is 34.5 Å². The first-order valence-electron chi connectivity index (χ1n) is 9.49. The number of nitrogens with one attached hydrogen (secondary N) is 1. The monoisotopic (exact) mass is 377 g/mol. The van der Waals surface area contributed by atoms with Gasteiger partial charge in [-0.2, -0.15) is 0 Å². The van der Waals surface area contributed by atoms with Crippen molar-refractivity contribution < 1.29 is 14.3 Å². The molecule has 0 spiro atoms. The van der Waals surface area contributed by atoms with Crippen LogP contribution in [0, 0.1) is 0 Å². The second-order valence-corrected chi connectivity index (χ2v) is 6.93. The fraction of sp³-hybridized carbons (Fsp3) is 0.318. The molecule has 1 aliphatic heterocycles. The molecule has 1 fully saturated rings. The van der Waals surface area contributed by atoms with Crippen LogP contribution >= 0.6 is 0 Å². The van der Waals surface area contributed by atoms with Crippen molar-refractivity contribution in [3.63, 3.8) is 0 Å². The smallest absolute Gasteiger partial charge is 0.270 e. The molecule has 0 aliphatic carbocycles. The third-order valence-electron chi connectivity index (χ3n) is 4.99. The van der Waals surface area contributed by atoms with Crippen molar-refractivity contribution in [3.05, 3.63) is 65.5 Å². The number of pyridine rings is 2. The van der Waals surface area contributed by atoms with Crippen molar-refractivity contribution in [2.45, 2.75) is 25.3 Å². The molecule has 3 heterocycles. The van der Waals surface area contributed by atoms with E-state index in [1.807, 2.05) is 42.5 Å². The molecule has 0 unspecified atom stereocenters. The number of carbonyl (C=O) groups is 1. The number of methoxy groups -OCH3 is 1. The predicted molar refractivity (Wildman–Crippen MR) is 107 cm³/mol.